The summed E-state index contributed by atoms with van der Waals surface area (Å²) in [5.41, 5.74) is 3.89. The van der Waals surface area contributed by atoms with Crippen LogP contribution in [0.15, 0.2) is 42.7 Å². The third-order valence-corrected chi connectivity index (χ3v) is 4.35. The number of hydrogen-bond acceptors (Lipinski definition) is 2. The number of aromatic amines is 1. The molecule has 0 bridgehead atoms. The highest BCUT2D eigenvalue weighted by molar-refractivity contribution is 6.18. The first-order chi connectivity index (χ1) is 10.3. The number of nitrogens with zero attached hydrogens (tertiary/aromatic N) is 1. The van der Waals surface area contributed by atoms with Gasteiger partial charge in [0.15, 0.2) is 0 Å². The first kappa shape index (κ1) is 10.9. The van der Waals surface area contributed by atoms with Crippen LogP contribution >= 0.6 is 0 Å². The molecule has 0 unspecified atom stereocenters. The van der Waals surface area contributed by atoms with Crippen molar-refractivity contribution < 1.29 is 4.79 Å². The van der Waals surface area contributed by atoms with E-state index in [9.17, 15) is 4.79 Å². The van der Waals surface area contributed by atoms with Crippen molar-refractivity contribution in [3.63, 3.8) is 0 Å². The van der Waals surface area contributed by atoms with E-state index in [2.05, 4.69) is 33.5 Å². The Hall–Kier alpha value is -2.88. The standard InChI is InChI=1S/C17H11N3O/c21-17-12-4-2-9-1-3-11-10(15(9)13(12)7-18-17)5-6-14-16(11)20-8-19-14/h1-6,8H,7H2,(H,18,21)(H,19,20). The Morgan fingerprint density at radius 2 is 1.86 bits per heavy atom. The molecule has 2 N–H and O–H groups in total. The number of benzene rings is 3. The molecule has 1 aromatic heterocycles. The van der Waals surface area contributed by atoms with Gasteiger partial charge in [-0.25, -0.2) is 4.98 Å². The first-order valence-electron chi connectivity index (χ1n) is 6.91. The molecule has 21 heavy (non-hydrogen) atoms. The average Bonchev–Trinajstić information content (AvgIpc) is 3.13. The number of H-pyrrole nitrogens is 1. The molecule has 0 aliphatic carbocycles. The van der Waals surface area contributed by atoms with Gasteiger partial charge in [0.25, 0.3) is 5.91 Å². The molecule has 100 valence electrons. The van der Waals surface area contributed by atoms with Crippen LogP contribution in [-0.4, -0.2) is 15.9 Å². The van der Waals surface area contributed by atoms with Gasteiger partial charge in [0, 0.05) is 17.5 Å². The molecule has 0 radical (unpaired) electrons. The summed E-state index contributed by atoms with van der Waals surface area (Å²) in [5.74, 6) is 0.0183. The van der Waals surface area contributed by atoms with Gasteiger partial charge in [0.2, 0.25) is 0 Å². The topological polar surface area (TPSA) is 57.8 Å². The Kier molecular flexibility index (Phi) is 1.86. The molecule has 0 atom stereocenters. The molecule has 0 saturated heterocycles. The fourth-order valence-corrected chi connectivity index (χ4v) is 3.37. The summed E-state index contributed by atoms with van der Waals surface area (Å²) < 4.78 is 0. The van der Waals surface area contributed by atoms with E-state index in [-0.39, 0.29) is 5.91 Å². The van der Waals surface area contributed by atoms with Gasteiger partial charge in [-0.15, -0.1) is 0 Å². The monoisotopic (exact) mass is 273 g/mol. The minimum Gasteiger partial charge on any atom is -0.348 e. The lowest BCUT2D eigenvalue weighted by molar-refractivity contribution is 0.0966. The van der Waals surface area contributed by atoms with E-state index < -0.39 is 0 Å². The van der Waals surface area contributed by atoms with Gasteiger partial charge in [-0.1, -0.05) is 24.3 Å². The first-order valence-corrected chi connectivity index (χ1v) is 6.91. The van der Waals surface area contributed by atoms with E-state index in [0.29, 0.717) is 6.54 Å². The molecule has 1 aliphatic heterocycles. The molecule has 1 aliphatic rings. The highest BCUT2D eigenvalue weighted by Gasteiger charge is 2.22. The fourth-order valence-electron chi connectivity index (χ4n) is 3.37. The van der Waals surface area contributed by atoms with Gasteiger partial charge < -0.3 is 10.3 Å². The summed E-state index contributed by atoms with van der Waals surface area (Å²) in [6.45, 7) is 0.600. The zero-order chi connectivity index (χ0) is 14.0. The van der Waals surface area contributed by atoms with Gasteiger partial charge in [-0.3, -0.25) is 4.79 Å². The maximum atomic E-state index is 11.9. The number of fused-ring (bicyclic) bond motifs is 7. The highest BCUT2D eigenvalue weighted by atomic mass is 16.1. The van der Waals surface area contributed by atoms with E-state index in [1.807, 2.05) is 18.2 Å². The molecular weight excluding hydrogens is 262 g/mol. The zero-order valence-electron chi connectivity index (χ0n) is 11.1. The summed E-state index contributed by atoms with van der Waals surface area (Å²) in [6, 6.07) is 12.3. The predicted molar refractivity (Wildman–Crippen MR) is 82.3 cm³/mol. The average molecular weight is 273 g/mol. The van der Waals surface area contributed by atoms with Crippen molar-refractivity contribution in [2.45, 2.75) is 6.54 Å². The highest BCUT2D eigenvalue weighted by Crippen LogP contribution is 2.34. The van der Waals surface area contributed by atoms with Crippen LogP contribution in [0.5, 0.6) is 0 Å². The van der Waals surface area contributed by atoms with Crippen LogP contribution in [0.3, 0.4) is 0 Å². The predicted octanol–water partition coefficient (Wildman–Crippen LogP) is 3.11. The van der Waals surface area contributed by atoms with Gasteiger partial charge >= 0.3 is 0 Å². The largest absolute Gasteiger partial charge is 0.348 e. The molecule has 2 heterocycles. The molecule has 0 saturated carbocycles. The van der Waals surface area contributed by atoms with Gasteiger partial charge in [-0.05, 0) is 33.9 Å². The van der Waals surface area contributed by atoms with Crippen LogP contribution in [0.1, 0.15) is 15.9 Å². The smallest absolute Gasteiger partial charge is 0.251 e. The number of nitrogens with one attached hydrogen (secondary N) is 2. The van der Waals surface area contributed by atoms with Crippen molar-refractivity contribution in [3.8, 4) is 0 Å². The normalized spacial score (nSPS) is 14.0. The fraction of sp³-hybridized carbons (Fsp3) is 0.0588. The maximum Gasteiger partial charge on any atom is 0.251 e. The molecule has 4 heteroatoms. The summed E-state index contributed by atoms with van der Waals surface area (Å²) in [4.78, 5) is 19.5. The van der Waals surface area contributed by atoms with Gasteiger partial charge in [0.1, 0.15) is 0 Å². The lowest BCUT2D eigenvalue weighted by Crippen LogP contribution is -2.12. The maximum absolute atomic E-state index is 11.9. The van der Waals surface area contributed by atoms with E-state index >= 15 is 0 Å². The van der Waals surface area contributed by atoms with Crippen LogP contribution < -0.4 is 5.32 Å². The Labute approximate surface area is 119 Å². The van der Waals surface area contributed by atoms with Crippen molar-refractivity contribution in [1.82, 2.24) is 15.3 Å². The van der Waals surface area contributed by atoms with Crippen LogP contribution in [0.2, 0.25) is 0 Å². The van der Waals surface area contributed by atoms with Crippen LogP contribution in [0.25, 0.3) is 32.6 Å². The molecule has 4 aromatic rings. The Bertz CT molecular complexity index is 1060. The van der Waals surface area contributed by atoms with Crippen molar-refractivity contribution in [2.24, 2.45) is 0 Å². The molecule has 0 fully saturated rings. The summed E-state index contributed by atoms with van der Waals surface area (Å²) in [7, 11) is 0. The number of rotatable bonds is 0. The lowest BCUT2D eigenvalue weighted by atomic mass is 9.95. The second-order valence-corrected chi connectivity index (χ2v) is 5.40. The molecular formula is C17H11N3O. The van der Waals surface area contributed by atoms with Crippen molar-refractivity contribution in [1.29, 1.82) is 0 Å². The third kappa shape index (κ3) is 1.29. The quantitative estimate of drug-likeness (QED) is 0.484. The number of carbonyl (C=O) groups excluding carboxylic acids is 1. The molecule has 1 amide bonds. The molecule has 0 spiro atoms. The van der Waals surface area contributed by atoms with E-state index in [4.69, 9.17) is 0 Å². The second kappa shape index (κ2) is 3.61. The number of carbonyl (C=O) groups is 1. The van der Waals surface area contributed by atoms with Gasteiger partial charge in [0.05, 0.1) is 17.4 Å². The zero-order valence-corrected chi connectivity index (χ0v) is 11.1. The molecule has 3 aromatic carbocycles. The molecule has 4 nitrogen and oxygen atoms in total. The minimum absolute atomic E-state index is 0.0183. The number of imidazole rings is 1. The van der Waals surface area contributed by atoms with Crippen LogP contribution in [-0.2, 0) is 6.54 Å². The third-order valence-electron chi connectivity index (χ3n) is 4.35. The van der Waals surface area contributed by atoms with E-state index in [1.54, 1.807) is 6.33 Å². The van der Waals surface area contributed by atoms with E-state index in [1.165, 1.54) is 0 Å². The number of aromatic nitrogens is 2. The Morgan fingerprint density at radius 1 is 1.00 bits per heavy atom. The number of amides is 1. The summed E-state index contributed by atoms with van der Waals surface area (Å²) in [5, 5.41) is 7.51. The Morgan fingerprint density at radius 3 is 2.81 bits per heavy atom. The second-order valence-electron chi connectivity index (χ2n) is 5.40. The van der Waals surface area contributed by atoms with Gasteiger partial charge in [-0.2, -0.15) is 0 Å². The minimum atomic E-state index is 0.0183. The van der Waals surface area contributed by atoms with Crippen molar-refractivity contribution >= 4 is 38.5 Å². The number of hydrogen-bond donors (Lipinski definition) is 2. The van der Waals surface area contributed by atoms with Crippen molar-refractivity contribution in [3.05, 3.63) is 53.9 Å². The van der Waals surface area contributed by atoms with Crippen molar-refractivity contribution in [2.75, 3.05) is 0 Å². The SMILES string of the molecule is O=C1NCc2c1ccc1ccc3c(ccc4[nH]cnc43)c21. The molecule has 5 rings (SSSR count). The Balaban J connectivity index is 2.06. The van der Waals surface area contributed by atoms with Crippen LogP contribution in [0.4, 0.5) is 0 Å². The lowest BCUT2D eigenvalue weighted by Gasteiger charge is -2.08. The summed E-state index contributed by atoms with van der Waals surface area (Å²) in [6.07, 6.45) is 1.72. The van der Waals surface area contributed by atoms with E-state index in [0.717, 1.165) is 43.7 Å². The summed E-state index contributed by atoms with van der Waals surface area (Å²) >= 11 is 0. The van der Waals surface area contributed by atoms with Crippen LogP contribution in [0, 0.1) is 0 Å².